The van der Waals surface area contributed by atoms with E-state index in [-0.39, 0.29) is 24.3 Å². The third kappa shape index (κ3) is 5.32. The standard InChI is InChI=1S/C25H20ClNO4/c1-17(29)18-9-13-22(14-10-18)27(25(31)16-28)23(19-7-11-21(26)12-8-19)15-24(30)20-5-3-2-4-6-20/h2-14,16,23H,15H2,1H3. The molecule has 0 aliphatic heterocycles. The van der Waals surface area contributed by atoms with Crippen molar-refractivity contribution in [2.45, 2.75) is 19.4 Å². The third-order valence-corrected chi connectivity index (χ3v) is 5.18. The zero-order valence-corrected chi connectivity index (χ0v) is 17.6. The minimum Gasteiger partial charge on any atom is -0.298 e. The highest BCUT2D eigenvalue weighted by Crippen LogP contribution is 2.32. The summed E-state index contributed by atoms with van der Waals surface area (Å²) in [6, 6.07) is 21.1. The molecule has 0 spiro atoms. The molecule has 0 N–H and O–H groups in total. The molecule has 1 unspecified atom stereocenters. The predicted octanol–water partition coefficient (Wildman–Crippen LogP) is 5.09. The Labute approximate surface area is 185 Å². The molecule has 0 radical (unpaired) electrons. The zero-order chi connectivity index (χ0) is 22.4. The summed E-state index contributed by atoms with van der Waals surface area (Å²) >= 11 is 6.02. The van der Waals surface area contributed by atoms with Gasteiger partial charge in [-0.05, 0) is 48.9 Å². The third-order valence-electron chi connectivity index (χ3n) is 4.93. The van der Waals surface area contributed by atoms with Crippen molar-refractivity contribution in [2.75, 3.05) is 4.90 Å². The summed E-state index contributed by atoms with van der Waals surface area (Å²) in [5, 5.41) is 0.510. The van der Waals surface area contributed by atoms with Gasteiger partial charge in [0.2, 0.25) is 6.29 Å². The Hall–Kier alpha value is -3.57. The molecule has 0 heterocycles. The molecule has 0 bridgehead atoms. The molecular formula is C25H20ClNO4. The summed E-state index contributed by atoms with van der Waals surface area (Å²) in [6.45, 7) is 1.44. The fraction of sp³-hybridized carbons (Fsp3) is 0.120. The fourth-order valence-electron chi connectivity index (χ4n) is 3.33. The quantitative estimate of drug-likeness (QED) is 0.282. The normalized spacial score (nSPS) is 11.4. The van der Waals surface area contributed by atoms with E-state index in [4.69, 9.17) is 11.6 Å². The average molecular weight is 434 g/mol. The lowest BCUT2D eigenvalue weighted by Crippen LogP contribution is -2.37. The number of benzene rings is 3. The van der Waals surface area contributed by atoms with Crippen molar-refractivity contribution < 1.29 is 19.2 Å². The van der Waals surface area contributed by atoms with Gasteiger partial charge in [0, 0.05) is 28.3 Å². The van der Waals surface area contributed by atoms with E-state index in [0.29, 0.717) is 27.4 Å². The highest BCUT2D eigenvalue weighted by atomic mass is 35.5. The Morgan fingerprint density at radius 1 is 0.871 bits per heavy atom. The highest BCUT2D eigenvalue weighted by molar-refractivity contribution is 6.31. The lowest BCUT2D eigenvalue weighted by atomic mass is 9.95. The molecule has 6 heteroatoms. The number of ketones is 2. The first-order chi connectivity index (χ1) is 14.9. The van der Waals surface area contributed by atoms with E-state index < -0.39 is 11.9 Å². The van der Waals surface area contributed by atoms with E-state index in [1.807, 2.05) is 6.07 Å². The van der Waals surface area contributed by atoms with Gasteiger partial charge in [-0.2, -0.15) is 0 Å². The fourth-order valence-corrected chi connectivity index (χ4v) is 3.46. The van der Waals surface area contributed by atoms with Crippen molar-refractivity contribution in [3.05, 3.63) is 101 Å². The van der Waals surface area contributed by atoms with Crippen LogP contribution in [0.15, 0.2) is 78.9 Å². The van der Waals surface area contributed by atoms with Gasteiger partial charge < -0.3 is 0 Å². The lowest BCUT2D eigenvalue weighted by Gasteiger charge is -2.31. The molecule has 1 atom stereocenters. The summed E-state index contributed by atoms with van der Waals surface area (Å²) in [6.07, 6.45) is 0.175. The number of aldehydes is 1. The van der Waals surface area contributed by atoms with Crippen LogP contribution in [0, 0.1) is 0 Å². The number of carbonyl (C=O) groups is 4. The minimum absolute atomic E-state index is 0.0420. The second-order valence-corrected chi connectivity index (χ2v) is 7.43. The first-order valence-corrected chi connectivity index (χ1v) is 10.0. The van der Waals surface area contributed by atoms with Gasteiger partial charge in [-0.1, -0.05) is 54.1 Å². The second kappa shape index (κ2) is 9.96. The van der Waals surface area contributed by atoms with Crippen LogP contribution < -0.4 is 4.90 Å². The molecule has 0 aliphatic rings. The number of anilines is 1. The van der Waals surface area contributed by atoms with E-state index in [1.165, 1.54) is 11.8 Å². The Kier molecular flexibility index (Phi) is 7.11. The molecule has 0 fully saturated rings. The van der Waals surface area contributed by atoms with E-state index in [9.17, 15) is 19.2 Å². The molecule has 0 saturated carbocycles. The van der Waals surface area contributed by atoms with Crippen molar-refractivity contribution in [1.82, 2.24) is 0 Å². The molecule has 3 aromatic carbocycles. The topological polar surface area (TPSA) is 71.5 Å². The summed E-state index contributed by atoms with van der Waals surface area (Å²) in [4.78, 5) is 50.1. The van der Waals surface area contributed by atoms with Crippen molar-refractivity contribution in [3.8, 4) is 0 Å². The predicted molar refractivity (Wildman–Crippen MR) is 120 cm³/mol. The van der Waals surface area contributed by atoms with Gasteiger partial charge in [-0.25, -0.2) is 0 Å². The summed E-state index contributed by atoms with van der Waals surface area (Å²) in [5.74, 6) is -1.09. The molecule has 3 rings (SSSR count). The van der Waals surface area contributed by atoms with Crippen LogP contribution in [0.3, 0.4) is 0 Å². The zero-order valence-electron chi connectivity index (χ0n) is 16.8. The SMILES string of the molecule is CC(=O)c1ccc(N(C(=O)C=O)C(CC(=O)c2ccccc2)c2ccc(Cl)cc2)cc1. The molecule has 0 saturated heterocycles. The Balaban J connectivity index is 2.07. The largest absolute Gasteiger partial charge is 0.298 e. The van der Waals surface area contributed by atoms with Crippen LogP contribution in [-0.4, -0.2) is 23.8 Å². The number of amides is 1. The molecular weight excluding hydrogens is 414 g/mol. The first kappa shape index (κ1) is 22.1. The van der Waals surface area contributed by atoms with Gasteiger partial charge in [0.25, 0.3) is 5.91 Å². The lowest BCUT2D eigenvalue weighted by molar-refractivity contribution is -0.129. The molecule has 1 amide bonds. The van der Waals surface area contributed by atoms with Crippen LogP contribution in [0.2, 0.25) is 5.02 Å². The van der Waals surface area contributed by atoms with Gasteiger partial charge in [-0.3, -0.25) is 24.1 Å². The van der Waals surface area contributed by atoms with E-state index in [2.05, 4.69) is 0 Å². The number of carbonyl (C=O) groups excluding carboxylic acids is 4. The Morgan fingerprint density at radius 2 is 1.48 bits per heavy atom. The van der Waals surface area contributed by atoms with Gasteiger partial charge in [0.1, 0.15) is 0 Å². The van der Waals surface area contributed by atoms with Crippen LogP contribution >= 0.6 is 11.6 Å². The monoisotopic (exact) mass is 433 g/mol. The van der Waals surface area contributed by atoms with Crippen LogP contribution in [-0.2, 0) is 9.59 Å². The van der Waals surface area contributed by atoms with Crippen LogP contribution in [0.1, 0.15) is 45.7 Å². The molecule has 3 aromatic rings. The van der Waals surface area contributed by atoms with Crippen LogP contribution in [0.25, 0.3) is 0 Å². The molecule has 31 heavy (non-hydrogen) atoms. The Bertz CT molecular complexity index is 1090. The summed E-state index contributed by atoms with van der Waals surface area (Å²) < 4.78 is 0. The maximum atomic E-state index is 13.0. The van der Waals surface area contributed by atoms with Crippen molar-refractivity contribution >= 4 is 41.0 Å². The molecule has 0 aliphatic carbocycles. The maximum absolute atomic E-state index is 13.0. The highest BCUT2D eigenvalue weighted by Gasteiger charge is 2.29. The van der Waals surface area contributed by atoms with Crippen LogP contribution in [0.4, 0.5) is 5.69 Å². The maximum Gasteiger partial charge on any atom is 0.291 e. The summed E-state index contributed by atoms with van der Waals surface area (Å²) in [7, 11) is 0. The van der Waals surface area contributed by atoms with Crippen molar-refractivity contribution in [3.63, 3.8) is 0 Å². The molecule has 5 nitrogen and oxygen atoms in total. The van der Waals surface area contributed by atoms with Crippen LogP contribution in [0.5, 0.6) is 0 Å². The number of halogens is 1. The Morgan fingerprint density at radius 3 is 2.03 bits per heavy atom. The van der Waals surface area contributed by atoms with Crippen molar-refractivity contribution in [2.24, 2.45) is 0 Å². The summed E-state index contributed by atoms with van der Waals surface area (Å²) in [5.41, 5.74) is 2.04. The van der Waals surface area contributed by atoms with Gasteiger partial charge in [-0.15, -0.1) is 0 Å². The van der Waals surface area contributed by atoms with E-state index >= 15 is 0 Å². The molecule has 156 valence electrons. The number of Topliss-reactive ketones (excluding diaryl/α,β-unsaturated/α-hetero) is 2. The number of hydrogen-bond acceptors (Lipinski definition) is 4. The first-order valence-electron chi connectivity index (χ1n) is 9.64. The van der Waals surface area contributed by atoms with Gasteiger partial charge >= 0.3 is 0 Å². The number of rotatable bonds is 8. The smallest absolute Gasteiger partial charge is 0.291 e. The second-order valence-electron chi connectivity index (χ2n) is 6.99. The number of hydrogen-bond donors (Lipinski definition) is 0. The van der Waals surface area contributed by atoms with Crippen molar-refractivity contribution in [1.29, 1.82) is 0 Å². The average Bonchev–Trinajstić information content (AvgIpc) is 2.79. The van der Waals surface area contributed by atoms with Gasteiger partial charge in [0.05, 0.1) is 6.04 Å². The van der Waals surface area contributed by atoms with Gasteiger partial charge in [0.15, 0.2) is 11.6 Å². The number of nitrogens with zero attached hydrogens (tertiary/aromatic N) is 1. The molecule has 0 aromatic heterocycles. The van der Waals surface area contributed by atoms with E-state index in [1.54, 1.807) is 72.8 Å². The van der Waals surface area contributed by atoms with E-state index in [0.717, 1.165) is 0 Å². The minimum atomic E-state index is -0.795.